The number of unbranched alkanes of at least 4 members (excludes halogenated alkanes) is 3. The highest BCUT2D eigenvalue weighted by atomic mass is 19.3. The van der Waals surface area contributed by atoms with E-state index in [4.69, 9.17) is 5.11 Å². The average Bonchev–Trinajstić information content (AvgIpc) is 1.95. The molecule has 0 unspecified atom stereocenters. The summed E-state index contributed by atoms with van der Waals surface area (Å²) >= 11 is 0. The molecule has 0 atom stereocenters. The van der Waals surface area contributed by atoms with Gasteiger partial charge in [0.1, 0.15) is 0 Å². The Morgan fingerprint density at radius 2 is 1.92 bits per heavy atom. The van der Waals surface area contributed by atoms with Gasteiger partial charge in [0, 0.05) is 6.42 Å². The Balaban J connectivity index is 3.11. The number of aliphatic carboxylic acids is 1. The van der Waals surface area contributed by atoms with Crippen LogP contribution in [0.3, 0.4) is 0 Å². The molecule has 2 nitrogen and oxygen atoms in total. The van der Waals surface area contributed by atoms with Gasteiger partial charge in [0.15, 0.2) is 0 Å². The molecule has 0 heterocycles. The molecule has 12 heavy (non-hydrogen) atoms. The Hall–Kier alpha value is -0.930. The molecule has 0 radical (unpaired) electrons. The van der Waals surface area contributed by atoms with E-state index >= 15 is 0 Å². The van der Waals surface area contributed by atoms with Crippen LogP contribution in [0.4, 0.5) is 8.78 Å². The monoisotopic (exact) mass is 178 g/mol. The second-order valence-corrected chi connectivity index (χ2v) is 2.49. The Morgan fingerprint density at radius 3 is 2.42 bits per heavy atom. The summed E-state index contributed by atoms with van der Waals surface area (Å²) in [4.78, 5) is 10.0. The van der Waals surface area contributed by atoms with E-state index in [2.05, 4.69) is 0 Å². The molecule has 0 aliphatic heterocycles. The van der Waals surface area contributed by atoms with Crippen molar-refractivity contribution < 1.29 is 18.7 Å². The lowest BCUT2D eigenvalue weighted by Crippen LogP contribution is -1.93. The second-order valence-electron chi connectivity index (χ2n) is 2.49. The third kappa shape index (κ3) is 9.07. The summed E-state index contributed by atoms with van der Waals surface area (Å²) in [7, 11) is 0. The van der Waals surface area contributed by atoms with Crippen molar-refractivity contribution in [2.45, 2.75) is 32.1 Å². The van der Waals surface area contributed by atoms with Gasteiger partial charge in [0.2, 0.25) is 0 Å². The number of carbonyl (C=O) groups is 1. The van der Waals surface area contributed by atoms with Crippen molar-refractivity contribution in [3.05, 3.63) is 12.2 Å². The molecule has 0 aromatic carbocycles. The van der Waals surface area contributed by atoms with Gasteiger partial charge in [-0.3, -0.25) is 4.79 Å². The van der Waals surface area contributed by atoms with E-state index in [-0.39, 0.29) is 6.42 Å². The normalized spacial score (nSPS) is 9.50. The van der Waals surface area contributed by atoms with Gasteiger partial charge in [-0.1, -0.05) is 6.42 Å². The van der Waals surface area contributed by atoms with E-state index in [9.17, 15) is 13.6 Å². The van der Waals surface area contributed by atoms with Crippen LogP contribution in [0.1, 0.15) is 32.1 Å². The van der Waals surface area contributed by atoms with Crippen LogP contribution in [-0.4, -0.2) is 11.1 Å². The van der Waals surface area contributed by atoms with Crippen LogP contribution in [0.2, 0.25) is 0 Å². The Morgan fingerprint density at radius 1 is 1.25 bits per heavy atom. The van der Waals surface area contributed by atoms with Crippen molar-refractivity contribution in [3.63, 3.8) is 0 Å². The highest BCUT2D eigenvalue weighted by molar-refractivity contribution is 5.66. The first-order chi connectivity index (χ1) is 5.63. The fraction of sp³-hybridized carbons (Fsp3) is 0.625. The van der Waals surface area contributed by atoms with Gasteiger partial charge in [-0.05, 0) is 25.3 Å². The molecule has 0 aromatic heterocycles. The van der Waals surface area contributed by atoms with Crippen LogP contribution in [0.5, 0.6) is 0 Å². The van der Waals surface area contributed by atoms with Gasteiger partial charge in [-0.25, -0.2) is 0 Å². The summed E-state index contributed by atoms with van der Waals surface area (Å²) in [5, 5.41) is 8.23. The largest absolute Gasteiger partial charge is 0.481 e. The zero-order chi connectivity index (χ0) is 9.40. The van der Waals surface area contributed by atoms with Crippen LogP contribution < -0.4 is 0 Å². The smallest absolute Gasteiger partial charge is 0.303 e. The number of hydrogen-bond acceptors (Lipinski definition) is 1. The summed E-state index contributed by atoms with van der Waals surface area (Å²) in [6, 6.07) is 0. The standard InChI is InChI=1S/C8H12F2O2/c9-7(10)5-3-1-2-4-6-8(11)12/h5H,1-4,6H2,(H,11,12). The fourth-order valence-corrected chi connectivity index (χ4v) is 0.809. The Bertz CT molecular complexity index is 162. The second kappa shape index (κ2) is 6.76. The molecule has 0 amide bonds. The maximum absolute atomic E-state index is 11.4. The van der Waals surface area contributed by atoms with Crippen LogP contribution >= 0.6 is 0 Å². The van der Waals surface area contributed by atoms with Gasteiger partial charge < -0.3 is 5.11 Å². The lowest BCUT2D eigenvalue weighted by atomic mass is 10.1. The van der Waals surface area contributed by atoms with Crippen molar-refractivity contribution in [1.29, 1.82) is 0 Å². The van der Waals surface area contributed by atoms with Crippen molar-refractivity contribution in [2.75, 3.05) is 0 Å². The quantitative estimate of drug-likeness (QED) is 0.635. The summed E-state index contributed by atoms with van der Waals surface area (Å²) in [5.41, 5.74) is 0. The lowest BCUT2D eigenvalue weighted by Gasteiger charge is -1.94. The van der Waals surface area contributed by atoms with Crippen LogP contribution in [0, 0.1) is 0 Å². The van der Waals surface area contributed by atoms with Gasteiger partial charge in [-0.15, -0.1) is 0 Å². The zero-order valence-electron chi connectivity index (χ0n) is 6.72. The molecule has 70 valence electrons. The number of allylic oxidation sites excluding steroid dienone is 1. The first kappa shape index (κ1) is 11.1. The number of hydrogen-bond donors (Lipinski definition) is 1. The summed E-state index contributed by atoms with van der Waals surface area (Å²) in [6.45, 7) is 0. The fourth-order valence-electron chi connectivity index (χ4n) is 0.809. The molecule has 0 aliphatic rings. The topological polar surface area (TPSA) is 37.3 Å². The minimum Gasteiger partial charge on any atom is -0.481 e. The summed E-state index contributed by atoms with van der Waals surface area (Å²) in [6.07, 6.45) is 1.55. The van der Waals surface area contributed by atoms with E-state index in [0.717, 1.165) is 6.08 Å². The zero-order valence-corrected chi connectivity index (χ0v) is 6.72. The lowest BCUT2D eigenvalue weighted by molar-refractivity contribution is -0.137. The first-order valence-electron chi connectivity index (χ1n) is 3.86. The Kier molecular flexibility index (Phi) is 6.24. The SMILES string of the molecule is O=C(O)CCCCCC=C(F)F. The minimum absolute atomic E-state index is 0.127. The van der Waals surface area contributed by atoms with Crippen molar-refractivity contribution >= 4 is 5.97 Å². The predicted octanol–water partition coefficient (Wildman–Crippen LogP) is 2.80. The number of halogens is 2. The molecule has 0 spiro atoms. The molecule has 0 saturated carbocycles. The predicted molar refractivity (Wildman–Crippen MR) is 41.0 cm³/mol. The molecular formula is C8H12F2O2. The summed E-state index contributed by atoms with van der Waals surface area (Å²) in [5.74, 6) is -0.831. The molecule has 0 aromatic rings. The number of carboxylic acids is 1. The average molecular weight is 178 g/mol. The summed E-state index contributed by atoms with van der Waals surface area (Å²) < 4.78 is 22.9. The van der Waals surface area contributed by atoms with E-state index in [0.29, 0.717) is 25.7 Å². The molecule has 1 N–H and O–H groups in total. The molecule has 0 fully saturated rings. The van der Waals surface area contributed by atoms with E-state index in [1.807, 2.05) is 0 Å². The van der Waals surface area contributed by atoms with E-state index in [1.165, 1.54) is 0 Å². The van der Waals surface area contributed by atoms with E-state index < -0.39 is 12.0 Å². The highest BCUT2D eigenvalue weighted by Crippen LogP contribution is 2.06. The molecule has 0 aliphatic carbocycles. The number of carboxylic acid groups (broad SMARTS) is 1. The van der Waals surface area contributed by atoms with Crippen LogP contribution in [0.25, 0.3) is 0 Å². The van der Waals surface area contributed by atoms with Gasteiger partial charge >= 0.3 is 5.97 Å². The van der Waals surface area contributed by atoms with Gasteiger partial charge in [0.05, 0.1) is 0 Å². The van der Waals surface area contributed by atoms with Crippen LogP contribution in [-0.2, 0) is 4.79 Å². The maximum Gasteiger partial charge on any atom is 0.303 e. The van der Waals surface area contributed by atoms with Crippen molar-refractivity contribution in [2.24, 2.45) is 0 Å². The van der Waals surface area contributed by atoms with E-state index in [1.54, 1.807) is 0 Å². The number of rotatable bonds is 6. The molecular weight excluding hydrogens is 166 g/mol. The third-order valence-electron chi connectivity index (χ3n) is 1.39. The molecule has 0 bridgehead atoms. The first-order valence-corrected chi connectivity index (χ1v) is 3.86. The molecule has 0 saturated heterocycles. The van der Waals surface area contributed by atoms with Crippen molar-refractivity contribution in [1.82, 2.24) is 0 Å². The van der Waals surface area contributed by atoms with Gasteiger partial charge in [-0.2, -0.15) is 8.78 Å². The Labute approximate surface area is 69.9 Å². The molecule has 0 rings (SSSR count). The van der Waals surface area contributed by atoms with Gasteiger partial charge in [0.25, 0.3) is 6.08 Å². The minimum atomic E-state index is -1.66. The highest BCUT2D eigenvalue weighted by Gasteiger charge is 1.95. The maximum atomic E-state index is 11.4. The third-order valence-corrected chi connectivity index (χ3v) is 1.39. The molecule has 4 heteroatoms. The van der Waals surface area contributed by atoms with Crippen LogP contribution in [0.15, 0.2) is 12.2 Å². The van der Waals surface area contributed by atoms with Crippen molar-refractivity contribution in [3.8, 4) is 0 Å².